The monoisotopic (exact) mass is 403 g/mol. The van der Waals surface area contributed by atoms with E-state index < -0.39 is 0 Å². The van der Waals surface area contributed by atoms with Crippen molar-refractivity contribution in [3.05, 3.63) is 39.9 Å². The molecule has 0 bridgehead atoms. The van der Waals surface area contributed by atoms with Gasteiger partial charge < -0.3 is 9.09 Å². The van der Waals surface area contributed by atoms with Gasteiger partial charge in [0.15, 0.2) is 11.0 Å². The molecule has 1 aliphatic rings. The molecule has 1 fully saturated rings. The molecular formula is C19H25N5OS2. The van der Waals surface area contributed by atoms with Crippen LogP contribution in [0.25, 0.3) is 0 Å². The lowest BCUT2D eigenvalue weighted by molar-refractivity contribution is 0.330. The van der Waals surface area contributed by atoms with Crippen LogP contribution in [0.15, 0.2) is 27.2 Å². The minimum Gasteiger partial charge on any atom is -0.339 e. The van der Waals surface area contributed by atoms with Gasteiger partial charge in [-0.25, -0.2) is 0 Å². The maximum absolute atomic E-state index is 5.30. The van der Waals surface area contributed by atoms with Crippen LogP contribution in [0.5, 0.6) is 0 Å². The highest BCUT2D eigenvalue weighted by Gasteiger charge is 2.23. The Bertz CT molecular complexity index is 836. The summed E-state index contributed by atoms with van der Waals surface area (Å²) < 4.78 is 7.68. The van der Waals surface area contributed by atoms with Crippen LogP contribution in [0.2, 0.25) is 0 Å². The van der Waals surface area contributed by atoms with Gasteiger partial charge in [0.25, 0.3) is 0 Å². The number of aromatic nitrogens is 5. The molecular weight excluding hydrogens is 378 g/mol. The number of rotatable bonds is 8. The molecule has 0 amide bonds. The maximum atomic E-state index is 5.30. The Morgan fingerprint density at radius 3 is 2.93 bits per heavy atom. The predicted octanol–water partition coefficient (Wildman–Crippen LogP) is 5.06. The van der Waals surface area contributed by atoms with E-state index in [-0.39, 0.29) is 0 Å². The van der Waals surface area contributed by atoms with E-state index in [1.54, 1.807) is 23.1 Å². The second-order valence-electron chi connectivity index (χ2n) is 6.96. The summed E-state index contributed by atoms with van der Waals surface area (Å²) in [5, 5.41) is 16.3. The zero-order valence-corrected chi connectivity index (χ0v) is 17.3. The Kier molecular flexibility index (Phi) is 6.24. The van der Waals surface area contributed by atoms with E-state index in [0.29, 0.717) is 11.8 Å². The summed E-state index contributed by atoms with van der Waals surface area (Å²) in [5.74, 6) is 3.20. The lowest BCUT2D eigenvalue weighted by atomic mass is 9.95. The number of nitrogens with zero attached hydrogens (tertiary/aromatic N) is 5. The fourth-order valence-electron chi connectivity index (χ4n) is 3.59. The van der Waals surface area contributed by atoms with Crippen LogP contribution in [0.4, 0.5) is 0 Å². The lowest BCUT2D eigenvalue weighted by Crippen LogP contribution is -2.16. The van der Waals surface area contributed by atoms with Crippen LogP contribution in [-0.4, -0.2) is 24.9 Å². The van der Waals surface area contributed by atoms with Crippen molar-refractivity contribution in [2.45, 2.75) is 75.2 Å². The SMILES string of the molecule is CCCc1nc(CSc2nnc(Cc3cccs3)n2C2CCCCC2)no1. The fourth-order valence-corrected chi connectivity index (χ4v) is 5.16. The Morgan fingerprint density at radius 2 is 2.15 bits per heavy atom. The van der Waals surface area contributed by atoms with Crippen molar-refractivity contribution in [1.82, 2.24) is 24.9 Å². The van der Waals surface area contributed by atoms with Crippen LogP contribution >= 0.6 is 23.1 Å². The zero-order chi connectivity index (χ0) is 18.5. The zero-order valence-electron chi connectivity index (χ0n) is 15.6. The topological polar surface area (TPSA) is 69.6 Å². The Balaban J connectivity index is 1.52. The highest BCUT2D eigenvalue weighted by atomic mass is 32.2. The molecule has 0 spiro atoms. The van der Waals surface area contributed by atoms with Gasteiger partial charge in [0.05, 0.1) is 5.75 Å². The first-order valence-corrected chi connectivity index (χ1v) is 11.6. The van der Waals surface area contributed by atoms with Gasteiger partial charge in [-0.2, -0.15) is 4.98 Å². The molecule has 1 saturated carbocycles. The van der Waals surface area contributed by atoms with E-state index >= 15 is 0 Å². The van der Waals surface area contributed by atoms with Crippen molar-refractivity contribution < 1.29 is 4.52 Å². The molecule has 3 aromatic heterocycles. The number of aryl methyl sites for hydroxylation is 1. The molecule has 27 heavy (non-hydrogen) atoms. The average Bonchev–Trinajstić information content (AvgIpc) is 3.43. The van der Waals surface area contributed by atoms with E-state index in [9.17, 15) is 0 Å². The second kappa shape index (κ2) is 9.01. The van der Waals surface area contributed by atoms with Crippen LogP contribution < -0.4 is 0 Å². The molecule has 0 radical (unpaired) electrons. The highest BCUT2D eigenvalue weighted by molar-refractivity contribution is 7.98. The largest absolute Gasteiger partial charge is 0.339 e. The summed E-state index contributed by atoms with van der Waals surface area (Å²) in [6, 6.07) is 4.78. The number of thiophene rings is 1. The van der Waals surface area contributed by atoms with Crippen molar-refractivity contribution in [2.75, 3.05) is 0 Å². The molecule has 1 aliphatic carbocycles. The van der Waals surface area contributed by atoms with Gasteiger partial charge in [-0.3, -0.25) is 0 Å². The first kappa shape index (κ1) is 18.7. The summed E-state index contributed by atoms with van der Waals surface area (Å²) in [7, 11) is 0. The van der Waals surface area contributed by atoms with Gasteiger partial charge in [0, 0.05) is 23.8 Å². The summed E-state index contributed by atoms with van der Waals surface area (Å²) in [4.78, 5) is 5.80. The first-order valence-electron chi connectivity index (χ1n) is 9.74. The summed E-state index contributed by atoms with van der Waals surface area (Å²) in [5.41, 5.74) is 0. The van der Waals surface area contributed by atoms with E-state index in [2.05, 4.69) is 49.3 Å². The van der Waals surface area contributed by atoms with Gasteiger partial charge in [0.1, 0.15) is 5.82 Å². The van der Waals surface area contributed by atoms with E-state index in [0.717, 1.165) is 42.0 Å². The van der Waals surface area contributed by atoms with Gasteiger partial charge >= 0.3 is 0 Å². The van der Waals surface area contributed by atoms with Crippen LogP contribution in [0.1, 0.15) is 73.9 Å². The van der Waals surface area contributed by atoms with Crippen LogP contribution in [-0.2, 0) is 18.6 Å². The van der Waals surface area contributed by atoms with Crippen molar-refractivity contribution in [1.29, 1.82) is 0 Å². The van der Waals surface area contributed by atoms with Crippen LogP contribution in [0.3, 0.4) is 0 Å². The Morgan fingerprint density at radius 1 is 1.26 bits per heavy atom. The summed E-state index contributed by atoms with van der Waals surface area (Å²) in [6.45, 7) is 2.11. The molecule has 0 saturated heterocycles. The third kappa shape index (κ3) is 4.60. The standard InChI is InChI=1S/C19H25N5OS2/c1-2-7-18-20-16(23-25-18)13-27-19-22-21-17(12-15-10-6-11-26-15)24(19)14-8-4-3-5-9-14/h6,10-11,14H,2-5,7-9,12-13H2,1H3. The average molecular weight is 404 g/mol. The summed E-state index contributed by atoms with van der Waals surface area (Å²) >= 11 is 3.45. The van der Waals surface area contributed by atoms with E-state index in [4.69, 9.17) is 4.52 Å². The van der Waals surface area contributed by atoms with E-state index in [1.165, 1.54) is 37.0 Å². The second-order valence-corrected chi connectivity index (χ2v) is 8.93. The van der Waals surface area contributed by atoms with Crippen molar-refractivity contribution in [2.24, 2.45) is 0 Å². The quantitative estimate of drug-likeness (QED) is 0.489. The Labute approximate surface area is 167 Å². The van der Waals surface area contributed by atoms with Gasteiger partial charge in [0.2, 0.25) is 5.89 Å². The maximum Gasteiger partial charge on any atom is 0.226 e. The molecule has 3 aromatic rings. The third-order valence-electron chi connectivity index (χ3n) is 4.89. The molecule has 0 N–H and O–H groups in total. The van der Waals surface area contributed by atoms with Gasteiger partial charge in [-0.15, -0.1) is 21.5 Å². The first-order chi connectivity index (χ1) is 13.3. The number of hydrogen-bond donors (Lipinski definition) is 0. The van der Waals surface area contributed by atoms with Crippen molar-refractivity contribution in [3.63, 3.8) is 0 Å². The predicted molar refractivity (Wildman–Crippen MR) is 107 cm³/mol. The molecule has 4 rings (SSSR count). The van der Waals surface area contributed by atoms with Gasteiger partial charge in [-0.1, -0.05) is 49.2 Å². The molecule has 3 heterocycles. The normalized spacial score (nSPS) is 15.4. The Hall–Kier alpha value is -1.67. The summed E-state index contributed by atoms with van der Waals surface area (Å²) in [6.07, 6.45) is 9.04. The molecule has 0 aliphatic heterocycles. The van der Waals surface area contributed by atoms with E-state index in [1.807, 2.05) is 0 Å². The van der Waals surface area contributed by atoms with Crippen molar-refractivity contribution >= 4 is 23.1 Å². The smallest absolute Gasteiger partial charge is 0.226 e. The minimum atomic E-state index is 0.507. The molecule has 144 valence electrons. The number of hydrogen-bond acceptors (Lipinski definition) is 7. The molecule has 0 atom stereocenters. The highest BCUT2D eigenvalue weighted by Crippen LogP contribution is 2.34. The lowest BCUT2D eigenvalue weighted by Gasteiger charge is -2.25. The third-order valence-corrected chi connectivity index (χ3v) is 6.71. The molecule has 6 nitrogen and oxygen atoms in total. The molecule has 0 aromatic carbocycles. The minimum absolute atomic E-state index is 0.507. The van der Waals surface area contributed by atoms with Crippen LogP contribution in [0, 0.1) is 0 Å². The molecule has 0 unspecified atom stereocenters. The van der Waals surface area contributed by atoms with Gasteiger partial charge in [-0.05, 0) is 30.7 Å². The van der Waals surface area contributed by atoms with Crippen molar-refractivity contribution in [3.8, 4) is 0 Å². The number of thioether (sulfide) groups is 1. The fraction of sp³-hybridized carbons (Fsp3) is 0.579. The molecule has 8 heteroatoms.